The second-order valence-electron chi connectivity index (χ2n) is 24.1. The van der Waals surface area contributed by atoms with Gasteiger partial charge in [0.15, 0.2) is 41.7 Å². The quantitative estimate of drug-likeness (QED) is 0.0517. The standard InChI is InChI=1S/4C17H18BrNO4/c4*1-17(2,3)19-15(20)14(12-9-10-13(18)22-12)23-16(21)11-7-5-4-6-8-11/h4*4-10,14H,1-3H3,(H,19,20)/t4*14-/m1111/s1. The van der Waals surface area contributed by atoms with Gasteiger partial charge in [-0.15, -0.1) is 0 Å². The summed E-state index contributed by atoms with van der Waals surface area (Å²) in [6, 6.07) is 46.9. The SMILES string of the molecule is CC(C)(C)NC(=O)[C@H](OC(=O)c1ccccc1)c1ccc(Br)o1.CC(C)(C)NC(=O)[C@H](OC(=O)c1ccccc1)c1ccc(Br)o1.CC(C)(C)NC(=O)[C@H](OC(=O)c1ccccc1)c1ccc(Br)o1.CC(C)(C)NC(=O)[C@H](OC(=O)c1ccccc1)c1ccc(Br)o1. The highest BCUT2D eigenvalue weighted by atomic mass is 79.9. The van der Waals surface area contributed by atoms with Gasteiger partial charge in [-0.3, -0.25) is 19.2 Å². The monoisotopic (exact) mass is 1520 g/mol. The van der Waals surface area contributed by atoms with Crippen LogP contribution >= 0.6 is 63.7 Å². The van der Waals surface area contributed by atoms with Crippen LogP contribution in [-0.2, 0) is 38.1 Å². The molecule has 0 bridgehead atoms. The van der Waals surface area contributed by atoms with Crippen molar-refractivity contribution in [1.82, 2.24) is 21.3 Å². The zero-order valence-corrected chi connectivity index (χ0v) is 58.9. The summed E-state index contributed by atoms with van der Waals surface area (Å²) >= 11 is 12.7. The number of hydrogen-bond donors (Lipinski definition) is 4. The highest BCUT2D eigenvalue weighted by molar-refractivity contribution is 9.11. The molecule has 0 unspecified atom stereocenters. The average Bonchev–Trinajstić information content (AvgIpc) is 1.60. The van der Waals surface area contributed by atoms with Gasteiger partial charge < -0.3 is 57.9 Å². The Hall–Kier alpha value is -8.32. The first-order valence-corrected chi connectivity index (χ1v) is 31.5. The Morgan fingerprint density at radius 2 is 0.446 bits per heavy atom. The van der Waals surface area contributed by atoms with E-state index in [1.807, 2.05) is 83.1 Å². The van der Waals surface area contributed by atoms with Gasteiger partial charge in [0.1, 0.15) is 0 Å². The Morgan fingerprint density at radius 3 is 0.576 bits per heavy atom. The average molecular weight is 1520 g/mol. The van der Waals surface area contributed by atoms with E-state index in [-0.39, 0.29) is 23.0 Å². The minimum absolute atomic E-state index is 0.253. The number of esters is 4. The number of carbonyl (C=O) groups excluding carboxylic acids is 8. The smallest absolute Gasteiger partial charge is 0.339 e. The van der Waals surface area contributed by atoms with Gasteiger partial charge in [0, 0.05) is 22.2 Å². The Labute approximate surface area is 567 Å². The molecule has 0 aliphatic rings. The van der Waals surface area contributed by atoms with E-state index >= 15 is 0 Å². The van der Waals surface area contributed by atoms with Gasteiger partial charge in [0.05, 0.1) is 22.3 Å². The number of benzene rings is 4. The molecule has 0 aliphatic heterocycles. The lowest BCUT2D eigenvalue weighted by Gasteiger charge is -2.24. The van der Waals surface area contributed by atoms with Gasteiger partial charge in [-0.05, 0) is 244 Å². The summed E-state index contributed by atoms with van der Waals surface area (Å²) in [4.78, 5) is 98.9. The van der Waals surface area contributed by atoms with Crippen LogP contribution in [0.4, 0.5) is 0 Å². The summed E-state index contributed by atoms with van der Waals surface area (Å²) in [5.74, 6) is -3.12. The molecule has 0 radical (unpaired) electrons. The van der Waals surface area contributed by atoms with Crippen molar-refractivity contribution in [3.05, 3.63) is 234 Å². The molecule has 4 amide bonds. The van der Waals surface area contributed by atoms with E-state index in [0.717, 1.165) is 0 Å². The van der Waals surface area contributed by atoms with E-state index in [9.17, 15) is 38.4 Å². The first-order chi connectivity index (χ1) is 43.0. The summed E-state index contributed by atoms with van der Waals surface area (Å²) in [7, 11) is 0. The van der Waals surface area contributed by atoms with Crippen LogP contribution in [0.3, 0.4) is 0 Å². The van der Waals surface area contributed by atoms with Crippen LogP contribution in [-0.4, -0.2) is 69.7 Å². The van der Waals surface area contributed by atoms with Gasteiger partial charge in [-0.2, -0.15) is 0 Å². The fourth-order valence-corrected chi connectivity index (χ4v) is 8.85. The highest BCUT2D eigenvalue weighted by Crippen LogP contribution is 2.30. The molecule has 0 fully saturated rings. The Morgan fingerprint density at radius 1 is 0.283 bits per heavy atom. The molecule has 4 atom stereocenters. The first-order valence-electron chi connectivity index (χ1n) is 28.4. The van der Waals surface area contributed by atoms with E-state index < -0.39 is 94.1 Å². The number of nitrogens with one attached hydrogen (secondary N) is 4. The molecule has 20 nitrogen and oxygen atoms in total. The molecule has 0 saturated carbocycles. The van der Waals surface area contributed by atoms with Gasteiger partial charge in [-0.25, -0.2) is 19.2 Å². The van der Waals surface area contributed by atoms with Crippen LogP contribution in [0.2, 0.25) is 0 Å². The Balaban J connectivity index is 0.000000223. The van der Waals surface area contributed by atoms with Crippen molar-refractivity contribution in [2.24, 2.45) is 0 Å². The number of amides is 4. The van der Waals surface area contributed by atoms with E-state index in [4.69, 9.17) is 36.6 Å². The summed E-state index contributed by atoms with van der Waals surface area (Å²) in [5, 5.41) is 11.2. The van der Waals surface area contributed by atoms with Crippen LogP contribution in [0.25, 0.3) is 0 Å². The maximum absolute atomic E-state index is 12.5. The van der Waals surface area contributed by atoms with Crippen LogP contribution in [0, 0.1) is 0 Å². The molecule has 4 aromatic carbocycles. The van der Waals surface area contributed by atoms with E-state index in [1.54, 1.807) is 170 Å². The molecule has 0 spiro atoms. The van der Waals surface area contributed by atoms with Gasteiger partial charge >= 0.3 is 23.9 Å². The van der Waals surface area contributed by atoms with Crippen LogP contribution in [0.5, 0.6) is 0 Å². The molecule has 8 aromatic rings. The lowest BCUT2D eigenvalue weighted by atomic mass is 10.1. The minimum atomic E-state index is -1.16. The zero-order valence-electron chi connectivity index (χ0n) is 52.5. The van der Waals surface area contributed by atoms with Crippen molar-refractivity contribution in [1.29, 1.82) is 0 Å². The fourth-order valence-electron chi connectivity index (χ4n) is 7.58. The maximum atomic E-state index is 12.5. The number of hydrogen-bond acceptors (Lipinski definition) is 16. The van der Waals surface area contributed by atoms with Crippen molar-refractivity contribution in [2.45, 2.75) is 130 Å². The molecular weight excluding hydrogens is 1450 g/mol. The molecule has 0 saturated heterocycles. The Kier molecular flexibility index (Phi) is 27.4. The van der Waals surface area contributed by atoms with E-state index in [0.29, 0.717) is 40.9 Å². The summed E-state index contributed by atoms with van der Waals surface area (Å²) in [6.45, 7) is 22.2. The fraction of sp³-hybridized carbons (Fsp3) is 0.294. The maximum Gasteiger partial charge on any atom is 0.339 e. The lowest BCUT2D eigenvalue weighted by molar-refractivity contribution is -0.133. The third kappa shape index (κ3) is 25.8. The van der Waals surface area contributed by atoms with Gasteiger partial charge in [0.2, 0.25) is 24.4 Å². The number of carbonyl (C=O) groups is 8. The number of furan rings is 4. The number of rotatable bonds is 16. The number of ether oxygens (including phenoxy) is 4. The summed E-state index contributed by atoms with van der Waals surface area (Å²) in [6.07, 6.45) is -4.64. The first kappa shape index (κ1) is 74.4. The molecule has 8 rings (SSSR count). The molecule has 92 heavy (non-hydrogen) atoms. The third-order valence-corrected chi connectivity index (χ3v) is 13.0. The van der Waals surface area contributed by atoms with Crippen LogP contribution in [0.1, 0.15) is 172 Å². The summed E-state index contributed by atoms with van der Waals surface area (Å²) < 4.78 is 44.9. The normalized spacial score (nSPS) is 12.5. The van der Waals surface area contributed by atoms with Crippen molar-refractivity contribution in [3.63, 3.8) is 0 Å². The molecule has 488 valence electrons. The zero-order chi connectivity index (χ0) is 68.1. The molecule has 24 heteroatoms. The largest absolute Gasteiger partial charge is 0.450 e. The minimum Gasteiger partial charge on any atom is -0.450 e. The number of halogens is 4. The van der Waals surface area contributed by atoms with Gasteiger partial charge in [-0.1, -0.05) is 72.8 Å². The third-order valence-electron chi connectivity index (χ3n) is 11.3. The van der Waals surface area contributed by atoms with E-state index in [2.05, 4.69) is 85.0 Å². The second-order valence-corrected chi connectivity index (χ2v) is 27.3. The molecule has 4 aromatic heterocycles. The van der Waals surface area contributed by atoms with Crippen molar-refractivity contribution in [3.8, 4) is 0 Å². The Bertz CT molecular complexity index is 3240. The van der Waals surface area contributed by atoms with Crippen LogP contribution in [0.15, 0.2) is 206 Å². The van der Waals surface area contributed by atoms with Crippen molar-refractivity contribution >= 4 is 111 Å². The van der Waals surface area contributed by atoms with Crippen molar-refractivity contribution < 1.29 is 75.0 Å². The molecule has 4 heterocycles. The van der Waals surface area contributed by atoms with E-state index in [1.165, 1.54) is 0 Å². The topological polar surface area (TPSA) is 274 Å². The molecule has 0 aliphatic carbocycles. The predicted octanol–water partition coefficient (Wildman–Crippen LogP) is 15.4. The lowest BCUT2D eigenvalue weighted by Crippen LogP contribution is -2.44. The summed E-state index contributed by atoms with van der Waals surface area (Å²) in [5.41, 5.74) is -0.371. The second kappa shape index (κ2) is 33.8. The molecule has 4 N–H and O–H groups in total. The predicted molar refractivity (Wildman–Crippen MR) is 356 cm³/mol. The van der Waals surface area contributed by atoms with Gasteiger partial charge in [0.25, 0.3) is 23.6 Å². The van der Waals surface area contributed by atoms with Crippen LogP contribution < -0.4 is 21.3 Å². The highest BCUT2D eigenvalue weighted by Gasteiger charge is 2.35. The van der Waals surface area contributed by atoms with Crippen molar-refractivity contribution in [2.75, 3.05) is 0 Å². The molecular formula is C68H72Br4N4O16.